The third kappa shape index (κ3) is 6.82. The first kappa shape index (κ1) is 20.0. The predicted molar refractivity (Wildman–Crippen MR) is 103 cm³/mol. The van der Waals surface area contributed by atoms with Crippen molar-refractivity contribution in [2.45, 2.75) is 37.3 Å². The molecule has 1 amide bonds. The van der Waals surface area contributed by atoms with Crippen molar-refractivity contribution in [3.05, 3.63) is 29.8 Å². The van der Waals surface area contributed by atoms with Gasteiger partial charge in [0.2, 0.25) is 0 Å². The summed E-state index contributed by atoms with van der Waals surface area (Å²) < 4.78 is 5.95. The number of amides is 1. The number of hydrogen-bond acceptors (Lipinski definition) is 5. The minimum atomic E-state index is -1.02. The van der Waals surface area contributed by atoms with Crippen molar-refractivity contribution in [3.63, 3.8) is 0 Å². The molecule has 0 aromatic heterocycles. The van der Waals surface area contributed by atoms with Crippen molar-refractivity contribution >= 4 is 35.4 Å². The zero-order valence-corrected chi connectivity index (χ0v) is 16.2. The van der Waals surface area contributed by atoms with E-state index >= 15 is 0 Å². The summed E-state index contributed by atoms with van der Waals surface area (Å²) in [4.78, 5) is 23.1. The molecule has 0 saturated carbocycles. The summed E-state index contributed by atoms with van der Waals surface area (Å²) >= 11 is 3.91. The summed E-state index contributed by atoms with van der Waals surface area (Å²) in [5.74, 6) is 1.74. The minimum Gasteiger partial charge on any atom is -0.484 e. The monoisotopic (exact) mass is 383 g/mol. The Labute approximate surface area is 157 Å². The maximum absolute atomic E-state index is 11.9. The van der Waals surface area contributed by atoms with E-state index in [1.807, 2.05) is 61.6 Å². The highest BCUT2D eigenvalue weighted by Crippen LogP contribution is 2.43. The van der Waals surface area contributed by atoms with Gasteiger partial charge in [-0.2, -0.15) is 0 Å². The summed E-state index contributed by atoms with van der Waals surface area (Å²) in [6, 6.07) is 6.91. The molecule has 5 nitrogen and oxygen atoms in total. The lowest BCUT2D eigenvalue weighted by Gasteiger charge is -2.21. The van der Waals surface area contributed by atoms with E-state index in [9.17, 15) is 9.59 Å². The number of hydrogen-bond donors (Lipinski definition) is 2. The first-order chi connectivity index (χ1) is 12.0. The molecule has 1 atom stereocenters. The number of ether oxygens (including phenoxy) is 1. The molecule has 0 radical (unpaired) electrons. The number of nitrogens with one attached hydrogen (secondary N) is 1. The number of carboxylic acids is 1. The third-order valence-corrected chi connectivity index (χ3v) is 6.70. The van der Waals surface area contributed by atoms with Crippen molar-refractivity contribution in [3.8, 4) is 5.75 Å². The van der Waals surface area contributed by atoms with Gasteiger partial charge in [0, 0.05) is 0 Å². The van der Waals surface area contributed by atoms with Crippen LogP contribution in [-0.4, -0.2) is 41.1 Å². The molecule has 2 rings (SSSR count). The van der Waals surface area contributed by atoms with Crippen LogP contribution in [0.3, 0.4) is 0 Å². The first-order valence-electron chi connectivity index (χ1n) is 8.44. The van der Waals surface area contributed by atoms with E-state index in [1.165, 1.54) is 23.5 Å². The Morgan fingerprint density at radius 1 is 1.24 bits per heavy atom. The van der Waals surface area contributed by atoms with E-state index in [0.717, 1.165) is 0 Å². The lowest BCUT2D eigenvalue weighted by molar-refractivity contribution is -0.142. The maximum Gasteiger partial charge on any atom is 0.326 e. The van der Waals surface area contributed by atoms with Crippen LogP contribution in [0, 0.1) is 5.92 Å². The van der Waals surface area contributed by atoms with Crippen LogP contribution >= 0.6 is 23.5 Å². The highest BCUT2D eigenvalue weighted by molar-refractivity contribution is 8.16. The molecule has 1 fully saturated rings. The fourth-order valence-electron chi connectivity index (χ4n) is 2.48. The molecular weight excluding hydrogens is 358 g/mol. The molecule has 0 aliphatic carbocycles. The number of thioether (sulfide) groups is 2. The Hall–Kier alpha value is -1.34. The van der Waals surface area contributed by atoms with E-state index in [-0.39, 0.29) is 12.5 Å². The van der Waals surface area contributed by atoms with Gasteiger partial charge in [0.25, 0.3) is 5.91 Å². The van der Waals surface area contributed by atoms with E-state index in [4.69, 9.17) is 9.84 Å². The average molecular weight is 384 g/mol. The second-order valence-corrected chi connectivity index (χ2v) is 9.10. The second-order valence-electron chi connectivity index (χ2n) is 6.37. The topological polar surface area (TPSA) is 75.6 Å². The Morgan fingerprint density at radius 3 is 2.44 bits per heavy atom. The average Bonchev–Trinajstić information content (AvgIpc) is 2.60. The smallest absolute Gasteiger partial charge is 0.326 e. The van der Waals surface area contributed by atoms with Crippen LogP contribution in [0.2, 0.25) is 0 Å². The molecule has 1 saturated heterocycles. The highest BCUT2D eigenvalue weighted by Gasteiger charge is 2.21. The van der Waals surface area contributed by atoms with Gasteiger partial charge in [-0.1, -0.05) is 26.0 Å². The highest BCUT2D eigenvalue weighted by atomic mass is 32.2. The zero-order chi connectivity index (χ0) is 18.2. The lowest BCUT2D eigenvalue weighted by atomic mass is 10.0. The van der Waals surface area contributed by atoms with E-state index in [0.29, 0.717) is 16.8 Å². The third-order valence-electron chi connectivity index (χ3n) is 3.69. The minimum absolute atomic E-state index is 0.186. The molecule has 1 aliphatic rings. The number of aliphatic carboxylic acids is 1. The Kier molecular flexibility index (Phi) is 7.96. The van der Waals surface area contributed by atoms with E-state index in [1.54, 1.807) is 0 Å². The van der Waals surface area contributed by atoms with Crippen molar-refractivity contribution in [1.29, 1.82) is 0 Å². The number of carbonyl (C=O) groups excluding carboxylic acids is 1. The first-order valence-corrected chi connectivity index (χ1v) is 10.5. The van der Waals surface area contributed by atoms with Crippen molar-refractivity contribution in [2.24, 2.45) is 5.92 Å². The van der Waals surface area contributed by atoms with Gasteiger partial charge in [0.15, 0.2) is 6.61 Å². The summed E-state index contributed by atoms with van der Waals surface area (Å²) in [5, 5.41) is 11.7. The van der Waals surface area contributed by atoms with Gasteiger partial charge in [-0.15, -0.1) is 23.5 Å². The molecule has 25 heavy (non-hydrogen) atoms. The van der Waals surface area contributed by atoms with Crippen LogP contribution in [0.15, 0.2) is 24.3 Å². The van der Waals surface area contributed by atoms with Crippen LogP contribution in [0.25, 0.3) is 0 Å². The van der Waals surface area contributed by atoms with Crippen molar-refractivity contribution in [2.75, 3.05) is 18.1 Å². The summed E-state index contributed by atoms with van der Waals surface area (Å²) in [5.41, 5.74) is 1.26. The van der Waals surface area contributed by atoms with Gasteiger partial charge in [-0.25, -0.2) is 4.79 Å². The van der Waals surface area contributed by atoms with Crippen LogP contribution in [-0.2, 0) is 9.59 Å². The SMILES string of the molecule is CC(C)C[C@@H](NC(=O)COc1ccc(C2SCCCS2)cc1)C(=O)O. The van der Waals surface area contributed by atoms with E-state index in [2.05, 4.69) is 5.32 Å². The van der Waals surface area contributed by atoms with Crippen LogP contribution < -0.4 is 10.1 Å². The molecule has 1 heterocycles. The number of rotatable bonds is 8. The Balaban J connectivity index is 1.81. The lowest BCUT2D eigenvalue weighted by Crippen LogP contribution is -2.43. The van der Waals surface area contributed by atoms with Gasteiger partial charge in [0.05, 0.1) is 4.58 Å². The quantitative estimate of drug-likeness (QED) is 0.715. The fourth-order valence-corrected chi connectivity index (χ4v) is 5.37. The molecule has 1 aliphatic heterocycles. The summed E-state index contributed by atoms with van der Waals surface area (Å²) in [7, 11) is 0. The molecule has 7 heteroatoms. The molecule has 138 valence electrons. The number of benzene rings is 1. The van der Waals surface area contributed by atoms with Crippen molar-refractivity contribution in [1.82, 2.24) is 5.32 Å². The molecule has 0 unspecified atom stereocenters. The molecule has 2 N–H and O–H groups in total. The molecular formula is C18H25NO4S2. The molecule has 1 aromatic carbocycles. The number of carboxylic acid groups (broad SMARTS) is 1. The molecule has 1 aromatic rings. The maximum atomic E-state index is 11.9. The predicted octanol–water partition coefficient (Wildman–Crippen LogP) is 3.55. The van der Waals surface area contributed by atoms with Gasteiger partial charge in [-0.05, 0) is 48.0 Å². The molecule has 0 bridgehead atoms. The molecule has 0 spiro atoms. The van der Waals surface area contributed by atoms with Crippen LogP contribution in [0.1, 0.15) is 36.8 Å². The normalized spacial score (nSPS) is 16.4. The Morgan fingerprint density at radius 2 is 1.88 bits per heavy atom. The van der Waals surface area contributed by atoms with Crippen molar-refractivity contribution < 1.29 is 19.4 Å². The fraction of sp³-hybridized carbons (Fsp3) is 0.556. The zero-order valence-electron chi connectivity index (χ0n) is 14.6. The van der Waals surface area contributed by atoms with Gasteiger partial charge >= 0.3 is 5.97 Å². The Bertz CT molecular complexity index is 571. The summed E-state index contributed by atoms with van der Waals surface area (Å²) in [6.07, 6.45) is 1.66. The van der Waals surface area contributed by atoms with Gasteiger partial charge in [0.1, 0.15) is 11.8 Å². The largest absolute Gasteiger partial charge is 0.484 e. The van der Waals surface area contributed by atoms with Crippen LogP contribution in [0.4, 0.5) is 0 Å². The van der Waals surface area contributed by atoms with Gasteiger partial charge in [-0.3, -0.25) is 4.79 Å². The summed E-state index contributed by atoms with van der Waals surface area (Å²) in [6.45, 7) is 3.65. The van der Waals surface area contributed by atoms with E-state index < -0.39 is 17.9 Å². The standard InChI is InChI=1S/C18H25NO4S2/c1-12(2)10-15(17(21)22)19-16(20)11-23-14-6-4-13(5-7-14)18-24-8-3-9-25-18/h4-7,12,15,18H,3,8-11H2,1-2H3,(H,19,20)(H,21,22)/t15-/m1/s1. The second kappa shape index (κ2) is 9.97. The number of carbonyl (C=O) groups is 2. The van der Waals surface area contributed by atoms with Crippen LogP contribution in [0.5, 0.6) is 5.75 Å². The van der Waals surface area contributed by atoms with Gasteiger partial charge < -0.3 is 15.2 Å².